The first-order valence-corrected chi connectivity index (χ1v) is 8.13. The van der Waals surface area contributed by atoms with Crippen LogP contribution in [0.15, 0.2) is 36.7 Å². The molecule has 1 saturated heterocycles. The van der Waals surface area contributed by atoms with Crippen molar-refractivity contribution in [3.8, 4) is 0 Å². The van der Waals surface area contributed by atoms with Gasteiger partial charge in [0.05, 0.1) is 23.1 Å². The summed E-state index contributed by atoms with van der Waals surface area (Å²) >= 11 is 0. The van der Waals surface area contributed by atoms with Crippen molar-refractivity contribution in [3.05, 3.63) is 53.6 Å². The van der Waals surface area contributed by atoms with Crippen LogP contribution in [0.5, 0.6) is 0 Å². The maximum Gasteiger partial charge on any atom is 0.275 e. The average molecular weight is 324 g/mol. The molecule has 1 aromatic heterocycles. The van der Waals surface area contributed by atoms with E-state index in [0.717, 1.165) is 38.0 Å². The number of benzene rings is 1. The minimum absolute atomic E-state index is 0.0411. The van der Waals surface area contributed by atoms with E-state index in [4.69, 9.17) is 0 Å². The number of nitrogens with one attached hydrogen (secondary N) is 1. The van der Waals surface area contributed by atoms with Crippen molar-refractivity contribution >= 4 is 17.5 Å². The molecule has 0 saturated carbocycles. The molecule has 3 rings (SSSR count). The van der Waals surface area contributed by atoms with Crippen LogP contribution in [0.4, 0.5) is 5.69 Å². The predicted octanol–water partition coefficient (Wildman–Crippen LogP) is 2.66. The van der Waals surface area contributed by atoms with Crippen LogP contribution in [0.1, 0.15) is 45.8 Å². The summed E-state index contributed by atoms with van der Waals surface area (Å²) in [7, 11) is 0. The predicted molar refractivity (Wildman–Crippen MR) is 90.9 cm³/mol. The molecule has 0 radical (unpaired) electrons. The largest absolute Gasteiger partial charge is 0.339 e. The summed E-state index contributed by atoms with van der Waals surface area (Å²) in [5.74, 6) is -0.415. The third kappa shape index (κ3) is 3.59. The molecule has 24 heavy (non-hydrogen) atoms. The molecular weight excluding hydrogens is 304 g/mol. The average Bonchev–Trinajstić information content (AvgIpc) is 2.63. The molecule has 0 atom stereocenters. The van der Waals surface area contributed by atoms with Gasteiger partial charge in [-0.15, -0.1) is 0 Å². The lowest BCUT2D eigenvalue weighted by Crippen LogP contribution is -2.36. The van der Waals surface area contributed by atoms with Crippen molar-refractivity contribution in [2.45, 2.75) is 26.2 Å². The van der Waals surface area contributed by atoms with Crippen molar-refractivity contribution in [1.29, 1.82) is 0 Å². The van der Waals surface area contributed by atoms with Crippen LogP contribution in [0.2, 0.25) is 0 Å². The Morgan fingerprint density at radius 1 is 1.04 bits per heavy atom. The Kier molecular flexibility index (Phi) is 4.84. The van der Waals surface area contributed by atoms with Crippen LogP contribution in [0.25, 0.3) is 0 Å². The van der Waals surface area contributed by atoms with Crippen LogP contribution >= 0.6 is 0 Å². The number of hydrogen-bond acceptors (Lipinski definition) is 4. The highest BCUT2D eigenvalue weighted by atomic mass is 16.2. The second-order valence-corrected chi connectivity index (χ2v) is 5.90. The molecule has 1 N–H and O–H groups in total. The van der Waals surface area contributed by atoms with Crippen molar-refractivity contribution in [3.63, 3.8) is 0 Å². The van der Waals surface area contributed by atoms with Crippen molar-refractivity contribution in [1.82, 2.24) is 14.9 Å². The SMILES string of the molecule is Cc1cnc(C(=O)Nc2ccccc2C(=O)N2CCCCC2)cn1. The lowest BCUT2D eigenvalue weighted by atomic mass is 10.1. The van der Waals surface area contributed by atoms with Crippen LogP contribution < -0.4 is 5.32 Å². The molecule has 6 nitrogen and oxygen atoms in total. The molecule has 0 aliphatic carbocycles. The number of anilines is 1. The van der Waals surface area contributed by atoms with Gasteiger partial charge in [-0.3, -0.25) is 14.6 Å². The molecular formula is C18H20N4O2. The summed E-state index contributed by atoms with van der Waals surface area (Å²) in [6.07, 6.45) is 6.19. The minimum atomic E-state index is -0.374. The zero-order valence-electron chi connectivity index (χ0n) is 13.7. The number of piperidine rings is 1. The number of rotatable bonds is 3. The van der Waals surface area contributed by atoms with Gasteiger partial charge in [0.15, 0.2) is 0 Å². The van der Waals surface area contributed by atoms with Crippen LogP contribution in [-0.4, -0.2) is 39.8 Å². The molecule has 6 heteroatoms. The van der Waals surface area contributed by atoms with Crippen LogP contribution in [0, 0.1) is 6.92 Å². The summed E-state index contributed by atoms with van der Waals surface area (Å²) in [4.78, 5) is 35.1. The van der Waals surface area contributed by atoms with Gasteiger partial charge in [-0.05, 0) is 38.3 Å². The summed E-state index contributed by atoms with van der Waals surface area (Å²) in [6, 6.07) is 7.08. The lowest BCUT2D eigenvalue weighted by molar-refractivity contribution is 0.0725. The lowest BCUT2D eigenvalue weighted by Gasteiger charge is -2.27. The number of carbonyl (C=O) groups excluding carboxylic acids is 2. The van der Waals surface area contributed by atoms with Crippen molar-refractivity contribution in [2.75, 3.05) is 18.4 Å². The molecule has 1 aromatic carbocycles. The molecule has 2 heterocycles. The van der Waals surface area contributed by atoms with Crippen molar-refractivity contribution in [2.24, 2.45) is 0 Å². The molecule has 1 aliphatic rings. The summed E-state index contributed by atoms with van der Waals surface area (Å²) in [5.41, 5.74) is 1.97. The first kappa shape index (κ1) is 16.1. The fourth-order valence-electron chi connectivity index (χ4n) is 2.74. The fraction of sp³-hybridized carbons (Fsp3) is 0.333. The van der Waals surface area contributed by atoms with Gasteiger partial charge in [-0.2, -0.15) is 0 Å². The third-order valence-electron chi connectivity index (χ3n) is 4.06. The standard InChI is InChI=1S/C18H20N4O2/c1-13-11-20-16(12-19-13)17(23)21-15-8-4-3-7-14(15)18(24)22-9-5-2-6-10-22/h3-4,7-8,11-12H,2,5-6,9-10H2,1H3,(H,21,23). The molecule has 2 aromatic rings. The van der Waals surface area contributed by atoms with Gasteiger partial charge in [-0.1, -0.05) is 12.1 Å². The van der Waals surface area contributed by atoms with Gasteiger partial charge in [-0.25, -0.2) is 4.98 Å². The van der Waals surface area contributed by atoms with Gasteiger partial charge in [0.25, 0.3) is 11.8 Å². The Balaban J connectivity index is 1.79. The van der Waals surface area contributed by atoms with Gasteiger partial charge < -0.3 is 10.2 Å². The number of amides is 2. The Bertz CT molecular complexity index is 737. The topological polar surface area (TPSA) is 75.2 Å². The van der Waals surface area contributed by atoms with Crippen LogP contribution in [0.3, 0.4) is 0 Å². The van der Waals surface area contributed by atoms with Gasteiger partial charge in [0.2, 0.25) is 0 Å². The number of likely N-dealkylation sites (tertiary alicyclic amines) is 1. The Morgan fingerprint density at radius 2 is 1.79 bits per heavy atom. The van der Waals surface area contributed by atoms with Crippen LogP contribution in [-0.2, 0) is 0 Å². The molecule has 1 fully saturated rings. The van der Waals surface area contributed by atoms with Gasteiger partial charge in [0, 0.05) is 19.3 Å². The van der Waals surface area contributed by atoms with E-state index in [2.05, 4.69) is 15.3 Å². The number of aryl methyl sites for hydroxylation is 1. The molecule has 0 unspecified atom stereocenters. The Morgan fingerprint density at radius 3 is 2.50 bits per heavy atom. The quantitative estimate of drug-likeness (QED) is 0.942. The van der Waals surface area contributed by atoms with E-state index in [1.165, 1.54) is 6.20 Å². The number of para-hydroxylation sites is 1. The van der Waals surface area contributed by atoms with E-state index in [9.17, 15) is 9.59 Å². The van der Waals surface area contributed by atoms with Gasteiger partial charge >= 0.3 is 0 Å². The van der Waals surface area contributed by atoms with E-state index < -0.39 is 0 Å². The highest BCUT2D eigenvalue weighted by Gasteiger charge is 2.21. The van der Waals surface area contributed by atoms with E-state index in [1.54, 1.807) is 37.4 Å². The zero-order valence-corrected chi connectivity index (χ0v) is 13.7. The molecule has 124 valence electrons. The number of carbonyl (C=O) groups is 2. The second kappa shape index (κ2) is 7.21. The first-order chi connectivity index (χ1) is 11.6. The monoisotopic (exact) mass is 324 g/mol. The first-order valence-electron chi connectivity index (χ1n) is 8.13. The smallest absolute Gasteiger partial charge is 0.275 e. The summed E-state index contributed by atoms with van der Waals surface area (Å²) < 4.78 is 0. The molecule has 0 spiro atoms. The highest BCUT2D eigenvalue weighted by molar-refractivity contribution is 6.08. The molecule has 1 aliphatic heterocycles. The Labute approximate surface area is 140 Å². The van der Waals surface area contributed by atoms with Gasteiger partial charge in [0.1, 0.15) is 5.69 Å². The molecule has 2 amide bonds. The normalized spacial score (nSPS) is 14.3. The summed E-state index contributed by atoms with van der Waals surface area (Å²) in [6.45, 7) is 3.34. The van der Waals surface area contributed by atoms with Crippen molar-refractivity contribution < 1.29 is 9.59 Å². The summed E-state index contributed by atoms with van der Waals surface area (Å²) in [5, 5.41) is 2.78. The Hall–Kier alpha value is -2.76. The van der Waals surface area contributed by atoms with E-state index in [1.807, 2.05) is 4.90 Å². The minimum Gasteiger partial charge on any atom is -0.339 e. The molecule has 0 bridgehead atoms. The zero-order chi connectivity index (χ0) is 16.9. The number of nitrogens with zero attached hydrogens (tertiary/aromatic N) is 3. The number of hydrogen-bond donors (Lipinski definition) is 1. The maximum absolute atomic E-state index is 12.7. The number of aromatic nitrogens is 2. The highest BCUT2D eigenvalue weighted by Crippen LogP contribution is 2.20. The maximum atomic E-state index is 12.7. The second-order valence-electron chi connectivity index (χ2n) is 5.90. The van der Waals surface area contributed by atoms with E-state index in [0.29, 0.717) is 11.3 Å². The van der Waals surface area contributed by atoms with E-state index in [-0.39, 0.29) is 17.5 Å². The van der Waals surface area contributed by atoms with E-state index >= 15 is 0 Å². The fourth-order valence-corrected chi connectivity index (χ4v) is 2.74. The third-order valence-corrected chi connectivity index (χ3v) is 4.06.